The van der Waals surface area contributed by atoms with E-state index in [1.807, 2.05) is 0 Å². The Morgan fingerprint density at radius 1 is 1.25 bits per heavy atom. The number of phenolic OH excluding ortho intramolecular Hbond substituents is 1. The molecule has 0 saturated heterocycles. The third kappa shape index (κ3) is 5.34. The average Bonchev–Trinajstić information content (AvgIpc) is 2.51. The second kappa shape index (κ2) is 8.66. The molecule has 126 valence electrons. The monoisotopic (exact) mass is 492 g/mol. The Kier molecular flexibility index (Phi) is 6.85. The van der Waals surface area contributed by atoms with Crippen molar-refractivity contribution in [3.05, 3.63) is 50.4 Å². The third-order valence-electron chi connectivity index (χ3n) is 2.72. The van der Waals surface area contributed by atoms with Crippen LogP contribution in [0.3, 0.4) is 0 Å². The maximum Gasteiger partial charge on any atom is 0.264 e. The molecule has 2 aromatic carbocycles. The molecule has 0 spiro atoms. The van der Waals surface area contributed by atoms with Crippen LogP contribution in [0.5, 0.6) is 11.5 Å². The smallest absolute Gasteiger partial charge is 0.264 e. The highest BCUT2D eigenvalue weighted by molar-refractivity contribution is 9.11. The Morgan fingerprint density at radius 2 is 1.88 bits per heavy atom. The zero-order chi connectivity index (χ0) is 17.7. The number of hydrogen-bond donors (Lipinski definition) is 3. The lowest BCUT2D eigenvalue weighted by Crippen LogP contribution is -2.37. The maximum absolute atomic E-state index is 11.9. The van der Waals surface area contributed by atoms with Crippen LogP contribution in [0.4, 0.5) is 5.69 Å². The van der Waals surface area contributed by atoms with Crippen LogP contribution in [0.2, 0.25) is 5.02 Å². The lowest BCUT2D eigenvalue weighted by atomic mass is 10.3. The van der Waals surface area contributed by atoms with E-state index in [4.69, 9.17) is 28.6 Å². The van der Waals surface area contributed by atoms with Gasteiger partial charge in [-0.05, 0) is 68.3 Å². The Balaban J connectivity index is 1.88. The molecule has 0 aliphatic rings. The molecule has 0 unspecified atom stereocenters. The van der Waals surface area contributed by atoms with Crippen molar-refractivity contribution in [3.63, 3.8) is 0 Å². The summed E-state index contributed by atoms with van der Waals surface area (Å²) in [6.45, 7) is -0.228. The van der Waals surface area contributed by atoms with Crippen LogP contribution in [0.15, 0.2) is 45.3 Å². The fourth-order valence-corrected chi connectivity index (χ4v) is 3.28. The van der Waals surface area contributed by atoms with E-state index >= 15 is 0 Å². The lowest BCUT2D eigenvalue weighted by molar-refractivity contribution is -0.121. The summed E-state index contributed by atoms with van der Waals surface area (Å²) < 4.78 is 6.29. The quantitative estimate of drug-likeness (QED) is 0.433. The van der Waals surface area contributed by atoms with E-state index in [2.05, 4.69) is 42.5 Å². The molecule has 0 fully saturated rings. The van der Waals surface area contributed by atoms with Gasteiger partial charge < -0.3 is 15.2 Å². The van der Waals surface area contributed by atoms with Gasteiger partial charge in [0.2, 0.25) is 0 Å². The van der Waals surface area contributed by atoms with Crippen molar-refractivity contribution < 1.29 is 14.6 Å². The highest BCUT2D eigenvalue weighted by Gasteiger charge is 2.10. The van der Waals surface area contributed by atoms with Gasteiger partial charge in [0, 0.05) is 5.69 Å². The summed E-state index contributed by atoms with van der Waals surface area (Å²) in [6, 6.07) is 10.1. The van der Waals surface area contributed by atoms with Gasteiger partial charge in [-0.25, -0.2) is 0 Å². The molecule has 3 N–H and O–H groups in total. The van der Waals surface area contributed by atoms with Gasteiger partial charge in [0.25, 0.3) is 5.91 Å². The van der Waals surface area contributed by atoms with Crippen LogP contribution >= 0.6 is 55.7 Å². The minimum atomic E-state index is -0.427. The van der Waals surface area contributed by atoms with E-state index in [1.165, 1.54) is 0 Å². The Labute approximate surface area is 165 Å². The number of ether oxygens (including phenoxy) is 1. The van der Waals surface area contributed by atoms with Gasteiger partial charge in [-0.2, -0.15) is 0 Å². The predicted octanol–water partition coefficient (Wildman–Crippen LogP) is 4.46. The normalized spacial score (nSPS) is 10.1. The number of para-hydroxylation sites is 1. The second-order valence-corrected chi connectivity index (χ2v) is 7.03. The topological polar surface area (TPSA) is 70.6 Å². The molecule has 0 aromatic heterocycles. The fraction of sp³-hybridized carbons (Fsp3) is 0.0667. The van der Waals surface area contributed by atoms with Gasteiger partial charge in [0.05, 0.1) is 14.0 Å². The van der Waals surface area contributed by atoms with Gasteiger partial charge in [0.15, 0.2) is 11.7 Å². The van der Waals surface area contributed by atoms with Crippen molar-refractivity contribution in [3.8, 4) is 11.5 Å². The van der Waals surface area contributed by atoms with Gasteiger partial charge in [0.1, 0.15) is 11.5 Å². The van der Waals surface area contributed by atoms with Crippen molar-refractivity contribution in [1.82, 2.24) is 5.32 Å². The standard InChI is InChI=1S/C15H11Br2ClN2O3S/c16-9-5-8(6-10(17)14(9)22)19-15(24)20-13(21)7-23-12-4-2-1-3-11(12)18/h1-6,22H,7H2,(H2,19,20,21,24). The molecule has 0 heterocycles. The number of rotatable bonds is 4. The Morgan fingerprint density at radius 3 is 2.50 bits per heavy atom. The minimum Gasteiger partial charge on any atom is -0.506 e. The first-order valence-corrected chi connectivity index (χ1v) is 8.90. The predicted molar refractivity (Wildman–Crippen MR) is 105 cm³/mol. The van der Waals surface area contributed by atoms with Crippen LogP contribution in [-0.4, -0.2) is 22.7 Å². The maximum atomic E-state index is 11.9. The molecule has 0 bridgehead atoms. The third-order valence-corrected chi connectivity index (χ3v) is 4.45. The molecule has 0 aliphatic heterocycles. The van der Waals surface area contributed by atoms with Crippen LogP contribution in [0, 0.1) is 0 Å². The first kappa shape index (κ1) is 19.0. The van der Waals surface area contributed by atoms with E-state index in [0.29, 0.717) is 25.4 Å². The molecular weight excluding hydrogens is 484 g/mol. The highest BCUT2D eigenvalue weighted by atomic mass is 79.9. The van der Waals surface area contributed by atoms with Crippen molar-refractivity contribution in [2.24, 2.45) is 0 Å². The molecule has 0 radical (unpaired) electrons. The second-order valence-electron chi connectivity index (χ2n) is 4.51. The van der Waals surface area contributed by atoms with Crippen LogP contribution in [-0.2, 0) is 4.79 Å². The SMILES string of the molecule is O=C(COc1ccccc1Cl)NC(=S)Nc1cc(Br)c(O)c(Br)c1. The van der Waals surface area contributed by atoms with Crippen molar-refractivity contribution in [2.45, 2.75) is 0 Å². The van der Waals surface area contributed by atoms with E-state index in [0.717, 1.165) is 0 Å². The number of halogens is 3. The van der Waals surface area contributed by atoms with E-state index < -0.39 is 5.91 Å². The summed E-state index contributed by atoms with van der Waals surface area (Å²) >= 11 is 17.4. The molecule has 0 saturated carbocycles. The number of phenols is 1. The zero-order valence-corrected chi connectivity index (χ0v) is 16.7. The number of amides is 1. The highest BCUT2D eigenvalue weighted by Crippen LogP contribution is 2.35. The van der Waals surface area contributed by atoms with E-state index in [1.54, 1.807) is 36.4 Å². The van der Waals surface area contributed by atoms with Crippen LogP contribution < -0.4 is 15.4 Å². The van der Waals surface area contributed by atoms with Crippen molar-refractivity contribution in [2.75, 3.05) is 11.9 Å². The molecule has 5 nitrogen and oxygen atoms in total. The van der Waals surface area contributed by atoms with Gasteiger partial charge in [-0.1, -0.05) is 23.7 Å². The molecule has 2 aromatic rings. The van der Waals surface area contributed by atoms with Crippen LogP contribution in [0.25, 0.3) is 0 Å². The van der Waals surface area contributed by atoms with Gasteiger partial charge >= 0.3 is 0 Å². The first-order valence-electron chi connectivity index (χ1n) is 6.53. The lowest BCUT2D eigenvalue weighted by Gasteiger charge is -2.12. The number of carbonyl (C=O) groups is 1. The Hall–Kier alpha value is -1.35. The summed E-state index contributed by atoms with van der Waals surface area (Å²) in [4.78, 5) is 11.9. The van der Waals surface area contributed by atoms with Gasteiger partial charge in [-0.15, -0.1) is 0 Å². The summed E-state index contributed by atoms with van der Waals surface area (Å²) in [7, 11) is 0. The molecule has 24 heavy (non-hydrogen) atoms. The fourth-order valence-electron chi connectivity index (χ4n) is 1.67. The molecule has 9 heteroatoms. The first-order chi connectivity index (χ1) is 11.4. The largest absolute Gasteiger partial charge is 0.506 e. The molecule has 2 rings (SSSR count). The van der Waals surface area contributed by atoms with Crippen LogP contribution in [0.1, 0.15) is 0 Å². The molecule has 1 amide bonds. The number of carbonyl (C=O) groups excluding carboxylic acids is 1. The number of nitrogens with one attached hydrogen (secondary N) is 2. The number of aromatic hydroxyl groups is 1. The summed E-state index contributed by atoms with van der Waals surface area (Å²) in [5.41, 5.74) is 0.587. The minimum absolute atomic E-state index is 0.0728. The molecule has 0 aliphatic carbocycles. The summed E-state index contributed by atoms with van der Waals surface area (Å²) in [5, 5.41) is 15.5. The Bertz CT molecular complexity index is 766. The summed E-state index contributed by atoms with van der Waals surface area (Å²) in [5.74, 6) is 0.0626. The van der Waals surface area contributed by atoms with E-state index in [-0.39, 0.29) is 17.5 Å². The summed E-state index contributed by atoms with van der Waals surface area (Å²) in [6.07, 6.45) is 0. The number of anilines is 1. The zero-order valence-electron chi connectivity index (χ0n) is 12.0. The number of hydrogen-bond acceptors (Lipinski definition) is 4. The van der Waals surface area contributed by atoms with Gasteiger partial charge in [-0.3, -0.25) is 10.1 Å². The van der Waals surface area contributed by atoms with E-state index in [9.17, 15) is 9.90 Å². The number of benzene rings is 2. The molecule has 0 atom stereocenters. The average molecular weight is 495 g/mol. The van der Waals surface area contributed by atoms with Crippen molar-refractivity contribution in [1.29, 1.82) is 0 Å². The van der Waals surface area contributed by atoms with Crippen molar-refractivity contribution >= 4 is 72.4 Å². The number of thiocarbonyl (C=S) groups is 1. The molecular formula is C15H11Br2ClN2O3S.